The molecule has 1 aliphatic rings. The van der Waals surface area contributed by atoms with E-state index in [-0.39, 0.29) is 0 Å². The predicted octanol–water partition coefficient (Wildman–Crippen LogP) is 1.30. The second-order valence-corrected chi connectivity index (χ2v) is 3.00. The summed E-state index contributed by atoms with van der Waals surface area (Å²) in [5.74, 6) is 0. The monoisotopic (exact) mass is 209 g/mol. The van der Waals surface area contributed by atoms with E-state index in [4.69, 9.17) is 0 Å². The Labute approximate surface area is 57.3 Å². The third-order valence-corrected chi connectivity index (χ3v) is 1.80. The van der Waals surface area contributed by atoms with Crippen LogP contribution >= 0.6 is 22.6 Å². The van der Waals surface area contributed by atoms with Gasteiger partial charge in [-0.3, -0.25) is 0 Å². The van der Waals surface area contributed by atoms with E-state index in [0.717, 1.165) is 13.1 Å². The summed E-state index contributed by atoms with van der Waals surface area (Å²) >= 11 is 2.36. The first kappa shape index (κ1) is 5.56. The normalized spacial score (nSPS) is 21.6. The van der Waals surface area contributed by atoms with Gasteiger partial charge in [-0.05, 0) is 35.6 Å². The van der Waals surface area contributed by atoms with Crippen molar-refractivity contribution in [2.45, 2.75) is 6.42 Å². The van der Waals surface area contributed by atoms with Gasteiger partial charge in [0.25, 0.3) is 0 Å². The minimum atomic E-state index is 1.08. The van der Waals surface area contributed by atoms with E-state index in [0.29, 0.717) is 0 Å². The molecule has 40 valence electrons. The smallest absolute Gasteiger partial charge is 0.0260 e. The fourth-order valence-corrected chi connectivity index (χ4v) is 1.19. The van der Waals surface area contributed by atoms with Crippen molar-refractivity contribution < 1.29 is 0 Å². The zero-order valence-electron chi connectivity index (χ0n) is 4.08. The average molecular weight is 209 g/mol. The van der Waals surface area contributed by atoms with E-state index >= 15 is 0 Å². The predicted molar refractivity (Wildman–Crippen MR) is 39.6 cm³/mol. The maximum Gasteiger partial charge on any atom is 0.0260 e. The molecule has 0 fully saturated rings. The van der Waals surface area contributed by atoms with Crippen molar-refractivity contribution in [2.24, 2.45) is 0 Å². The van der Waals surface area contributed by atoms with Crippen LogP contribution in [0.3, 0.4) is 0 Å². The standard InChI is InChI=1S/C5H8IN/c6-5-2-1-3-7-4-5/h2,7H,1,3-4H2. The Kier molecular flexibility index (Phi) is 2.12. The van der Waals surface area contributed by atoms with Crippen molar-refractivity contribution in [3.05, 3.63) is 9.66 Å². The van der Waals surface area contributed by atoms with E-state index in [1.54, 1.807) is 0 Å². The van der Waals surface area contributed by atoms with Crippen LogP contribution < -0.4 is 5.32 Å². The van der Waals surface area contributed by atoms with Crippen molar-refractivity contribution in [1.82, 2.24) is 5.32 Å². The lowest BCUT2D eigenvalue weighted by Gasteiger charge is -2.06. The summed E-state index contributed by atoms with van der Waals surface area (Å²) in [6, 6.07) is 0. The molecule has 7 heavy (non-hydrogen) atoms. The van der Waals surface area contributed by atoms with Gasteiger partial charge in [0.1, 0.15) is 0 Å². The van der Waals surface area contributed by atoms with Gasteiger partial charge < -0.3 is 5.32 Å². The molecule has 0 spiro atoms. The highest BCUT2D eigenvalue weighted by Crippen LogP contribution is 2.07. The third kappa shape index (κ3) is 1.78. The minimum Gasteiger partial charge on any atom is -0.312 e. The van der Waals surface area contributed by atoms with Crippen LogP contribution in [0, 0.1) is 0 Å². The van der Waals surface area contributed by atoms with Crippen LogP contribution in [0.1, 0.15) is 6.42 Å². The first-order valence-corrected chi connectivity index (χ1v) is 3.53. The van der Waals surface area contributed by atoms with E-state index in [9.17, 15) is 0 Å². The lowest BCUT2D eigenvalue weighted by molar-refractivity contribution is 0.726. The molecule has 0 saturated heterocycles. The van der Waals surface area contributed by atoms with Gasteiger partial charge >= 0.3 is 0 Å². The molecule has 0 unspecified atom stereocenters. The molecule has 1 aliphatic heterocycles. The first-order chi connectivity index (χ1) is 3.39. The van der Waals surface area contributed by atoms with Crippen LogP contribution in [-0.4, -0.2) is 13.1 Å². The summed E-state index contributed by atoms with van der Waals surface area (Å²) in [6.07, 6.45) is 3.48. The zero-order valence-corrected chi connectivity index (χ0v) is 6.23. The average Bonchev–Trinajstić information content (AvgIpc) is 1.69. The molecule has 2 heteroatoms. The molecule has 0 aliphatic carbocycles. The summed E-state index contributed by atoms with van der Waals surface area (Å²) in [6.45, 7) is 2.24. The molecule has 0 atom stereocenters. The van der Waals surface area contributed by atoms with E-state index in [1.807, 2.05) is 0 Å². The Hall–Kier alpha value is 0.430. The highest BCUT2D eigenvalue weighted by atomic mass is 127. The molecule has 0 bridgehead atoms. The van der Waals surface area contributed by atoms with Gasteiger partial charge in [0.05, 0.1) is 0 Å². The largest absolute Gasteiger partial charge is 0.312 e. The van der Waals surface area contributed by atoms with E-state index in [1.165, 1.54) is 10.0 Å². The van der Waals surface area contributed by atoms with Crippen molar-refractivity contribution in [3.8, 4) is 0 Å². The van der Waals surface area contributed by atoms with Gasteiger partial charge in [-0.1, -0.05) is 6.08 Å². The van der Waals surface area contributed by atoms with Crippen LogP contribution in [0.5, 0.6) is 0 Å². The van der Waals surface area contributed by atoms with E-state index < -0.39 is 0 Å². The number of rotatable bonds is 0. The van der Waals surface area contributed by atoms with E-state index in [2.05, 4.69) is 34.0 Å². The van der Waals surface area contributed by atoms with Gasteiger partial charge in [-0.15, -0.1) is 0 Å². The van der Waals surface area contributed by atoms with Crippen LogP contribution in [0.25, 0.3) is 0 Å². The summed E-state index contributed by atoms with van der Waals surface area (Å²) in [5.41, 5.74) is 0. The SMILES string of the molecule is IC1=CCCNC1. The van der Waals surface area contributed by atoms with Gasteiger partial charge in [-0.25, -0.2) is 0 Å². The molecule has 0 amide bonds. The van der Waals surface area contributed by atoms with Crippen molar-refractivity contribution in [2.75, 3.05) is 13.1 Å². The Morgan fingerprint density at radius 1 is 1.71 bits per heavy atom. The van der Waals surface area contributed by atoms with Crippen LogP contribution in [0.15, 0.2) is 9.66 Å². The summed E-state index contributed by atoms with van der Waals surface area (Å²) in [7, 11) is 0. The topological polar surface area (TPSA) is 12.0 Å². The van der Waals surface area contributed by atoms with Crippen molar-refractivity contribution >= 4 is 22.6 Å². The highest BCUT2D eigenvalue weighted by Gasteiger charge is 1.95. The Morgan fingerprint density at radius 3 is 2.86 bits per heavy atom. The maximum atomic E-state index is 3.26. The highest BCUT2D eigenvalue weighted by molar-refractivity contribution is 14.1. The lowest BCUT2D eigenvalue weighted by Crippen LogP contribution is -2.19. The molecule has 1 N–H and O–H groups in total. The third-order valence-electron chi connectivity index (χ3n) is 0.981. The molecule has 0 aromatic rings. The van der Waals surface area contributed by atoms with Gasteiger partial charge in [-0.2, -0.15) is 0 Å². The molecular weight excluding hydrogens is 201 g/mol. The Balaban J connectivity index is 2.40. The molecule has 0 aromatic heterocycles. The van der Waals surface area contributed by atoms with Gasteiger partial charge in [0.2, 0.25) is 0 Å². The van der Waals surface area contributed by atoms with Crippen LogP contribution in [0.4, 0.5) is 0 Å². The molecule has 1 heterocycles. The Morgan fingerprint density at radius 2 is 2.57 bits per heavy atom. The van der Waals surface area contributed by atoms with Gasteiger partial charge in [0, 0.05) is 10.1 Å². The minimum absolute atomic E-state index is 1.08. The molecule has 0 radical (unpaired) electrons. The van der Waals surface area contributed by atoms with Crippen LogP contribution in [-0.2, 0) is 0 Å². The zero-order chi connectivity index (χ0) is 5.11. The maximum absolute atomic E-state index is 3.26. The van der Waals surface area contributed by atoms with Crippen molar-refractivity contribution in [3.63, 3.8) is 0 Å². The second kappa shape index (κ2) is 2.67. The molecule has 0 aromatic carbocycles. The molecular formula is C5H8IN. The molecule has 1 nitrogen and oxygen atoms in total. The summed E-state index contributed by atoms with van der Waals surface area (Å²) < 4.78 is 1.45. The number of nitrogens with one attached hydrogen (secondary N) is 1. The quantitative estimate of drug-likeness (QED) is 0.593. The fraction of sp³-hybridized carbons (Fsp3) is 0.600. The lowest BCUT2D eigenvalue weighted by atomic mass is 10.3. The van der Waals surface area contributed by atoms with Gasteiger partial charge in [0.15, 0.2) is 0 Å². The number of hydrogen-bond acceptors (Lipinski definition) is 1. The summed E-state index contributed by atoms with van der Waals surface area (Å²) in [5, 5.41) is 3.26. The number of halogens is 1. The second-order valence-electron chi connectivity index (χ2n) is 1.62. The molecule has 0 saturated carbocycles. The Bertz CT molecular complexity index is 88.1. The van der Waals surface area contributed by atoms with Crippen molar-refractivity contribution in [1.29, 1.82) is 0 Å². The number of hydrogen-bond donors (Lipinski definition) is 1. The van der Waals surface area contributed by atoms with Crippen LogP contribution in [0.2, 0.25) is 0 Å². The molecule has 1 rings (SSSR count). The fourth-order valence-electron chi connectivity index (χ4n) is 0.611. The first-order valence-electron chi connectivity index (χ1n) is 2.45. The summed E-state index contributed by atoms with van der Waals surface area (Å²) in [4.78, 5) is 0.